The van der Waals surface area contributed by atoms with E-state index in [1.54, 1.807) is 32.4 Å². The van der Waals surface area contributed by atoms with E-state index in [-0.39, 0.29) is 12.1 Å². The highest BCUT2D eigenvalue weighted by molar-refractivity contribution is 6.15. The first kappa shape index (κ1) is 18.1. The lowest BCUT2D eigenvalue weighted by molar-refractivity contribution is -0.149. The molecular formula is C23H22O6. The molecule has 3 heterocycles. The van der Waals surface area contributed by atoms with Crippen LogP contribution in [0, 0.1) is 5.92 Å². The van der Waals surface area contributed by atoms with E-state index in [1.807, 2.05) is 18.2 Å². The fourth-order valence-electron chi connectivity index (χ4n) is 4.22. The number of allylic oxidation sites excluding steroid dienone is 1. The maximum absolute atomic E-state index is 12.9. The molecule has 1 fully saturated rings. The fraction of sp³-hybridized carbons (Fsp3) is 0.348. The zero-order valence-electron chi connectivity index (χ0n) is 16.4. The third-order valence-electron chi connectivity index (χ3n) is 5.70. The van der Waals surface area contributed by atoms with Gasteiger partial charge in [-0.25, -0.2) is 0 Å². The Bertz CT molecular complexity index is 1010. The van der Waals surface area contributed by atoms with Crippen molar-refractivity contribution in [1.29, 1.82) is 0 Å². The summed E-state index contributed by atoms with van der Waals surface area (Å²) < 4.78 is 28.5. The maximum atomic E-state index is 12.9. The van der Waals surface area contributed by atoms with Crippen molar-refractivity contribution in [1.82, 2.24) is 0 Å². The normalized spacial score (nSPS) is 23.5. The molecule has 0 aliphatic carbocycles. The molecular weight excluding hydrogens is 372 g/mol. The number of hydrogen-bond acceptors (Lipinski definition) is 6. The fourth-order valence-corrected chi connectivity index (χ4v) is 4.22. The van der Waals surface area contributed by atoms with Crippen molar-refractivity contribution in [3.63, 3.8) is 0 Å². The lowest BCUT2D eigenvalue weighted by Gasteiger charge is -2.36. The van der Waals surface area contributed by atoms with Gasteiger partial charge in [-0.2, -0.15) is 0 Å². The van der Waals surface area contributed by atoms with Crippen molar-refractivity contribution in [3.05, 3.63) is 52.8 Å². The molecule has 0 aromatic heterocycles. The van der Waals surface area contributed by atoms with Crippen LogP contribution in [0.15, 0.2) is 36.1 Å². The molecule has 150 valence electrons. The minimum absolute atomic E-state index is 0.125. The second kappa shape index (κ2) is 7.12. The van der Waals surface area contributed by atoms with Crippen LogP contribution in [0.5, 0.6) is 23.0 Å². The summed E-state index contributed by atoms with van der Waals surface area (Å²) in [5, 5.41) is 0. The highest BCUT2D eigenvalue weighted by atomic mass is 16.7. The van der Waals surface area contributed by atoms with Crippen LogP contribution >= 0.6 is 0 Å². The minimum atomic E-state index is -0.201. The van der Waals surface area contributed by atoms with Gasteiger partial charge >= 0.3 is 0 Å². The largest absolute Gasteiger partial charge is 0.493 e. The van der Waals surface area contributed by atoms with Crippen LogP contribution in [0.1, 0.15) is 34.3 Å². The number of Topliss-reactive ketones (excluding diaryl/α,β-unsaturated/α-hetero) is 1. The average Bonchev–Trinajstić information content (AvgIpc) is 3.08. The number of hydrogen-bond donors (Lipinski definition) is 0. The first-order valence-corrected chi connectivity index (χ1v) is 9.78. The Kier molecular flexibility index (Phi) is 4.43. The molecule has 2 aromatic rings. The molecule has 5 rings (SSSR count). The first-order chi connectivity index (χ1) is 14.2. The van der Waals surface area contributed by atoms with Crippen LogP contribution in [0.3, 0.4) is 0 Å². The highest BCUT2D eigenvalue weighted by Gasteiger charge is 2.38. The predicted octanol–water partition coefficient (Wildman–Crippen LogP) is 4.01. The highest BCUT2D eigenvalue weighted by Crippen LogP contribution is 2.45. The molecule has 0 amide bonds. The summed E-state index contributed by atoms with van der Waals surface area (Å²) in [5.74, 6) is 3.05. The molecule has 2 aromatic carbocycles. The zero-order chi connectivity index (χ0) is 20.0. The Morgan fingerprint density at radius 3 is 2.79 bits per heavy atom. The summed E-state index contributed by atoms with van der Waals surface area (Å²) in [6.07, 6.45) is 4.40. The molecule has 3 aliphatic heterocycles. The number of ether oxygens (including phenoxy) is 5. The first-order valence-electron chi connectivity index (χ1n) is 9.78. The van der Waals surface area contributed by atoms with Crippen molar-refractivity contribution in [2.24, 2.45) is 5.92 Å². The van der Waals surface area contributed by atoms with Crippen molar-refractivity contribution in [3.8, 4) is 23.0 Å². The van der Waals surface area contributed by atoms with Crippen LogP contribution in [0.4, 0.5) is 0 Å². The second-order valence-corrected chi connectivity index (χ2v) is 7.44. The molecule has 0 bridgehead atoms. The van der Waals surface area contributed by atoms with Gasteiger partial charge in [0.25, 0.3) is 0 Å². The van der Waals surface area contributed by atoms with E-state index in [0.29, 0.717) is 34.5 Å². The van der Waals surface area contributed by atoms with Gasteiger partial charge in [0.05, 0.1) is 26.4 Å². The Hall–Kier alpha value is -2.99. The Balaban J connectivity index is 1.48. The van der Waals surface area contributed by atoms with Crippen molar-refractivity contribution < 1.29 is 28.5 Å². The van der Waals surface area contributed by atoms with Gasteiger partial charge in [0.15, 0.2) is 17.3 Å². The molecule has 6 nitrogen and oxygen atoms in total. The zero-order valence-corrected chi connectivity index (χ0v) is 16.4. The summed E-state index contributed by atoms with van der Waals surface area (Å²) in [6.45, 7) is 0.731. The molecule has 0 saturated carbocycles. The van der Waals surface area contributed by atoms with Crippen molar-refractivity contribution >= 4 is 11.9 Å². The number of ketones is 1. The Morgan fingerprint density at radius 1 is 1.10 bits per heavy atom. The summed E-state index contributed by atoms with van der Waals surface area (Å²) >= 11 is 0. The lowest BCUT2D eigenvalue weighted by atomic mass is 9.88. The van der Waals surface area contributed by atoms with Gasteiger partial charge in [-0.3, -0.25) is 4.79 Å². The van der Waals surface area contributed by atoms with E-state index in [0.717, 1.165) is 42.7 Å². The smallest absolute Gasteiger partial charge is 0.231 e. The molecule has 6 heteroatoms. The third-order valence-corrected chi connectivity index (χ3v) is 5.70. The monoisotopic (exact) mass is 394 g/mol. The van der Waals surface area contributed by atoms with Gasteiger partial charge in [0, 0.05) is 11.5 Å². The van der Waals surface area contributed by atoms with Crippen LogP contribution in [-0.2, 0) is 11.2 Å². The van der Waals surface area contributed by atoms with Crippen molar-refractivity contribution in [2.75, 3.05) is 20.8 Å². The quantitative estimate of drug-likeness (QED) is 0.733. The summed E-state index contributed by atoms with van der Waals surface area (Å²) in [5.41, 5.74) is 2.33. The van der Waals surface area contributed by atoms with Crippen LogP contribution in [-0.4, -0.2) is 32.9 Å². The van der Waals surface area contributed by atoms with E-state index in [9.17, 15) is 4.79 Å². The second-order valence-electron chi connectivity index (χ2n) is 7.44. The standard InChI is InChI=1S/C23H22O6/c1-25-18-7-5-13(10-19(18)26-2)11-20-21(24)15-6-8-17-16(22(15)28-20)12-14-4-3-9-27-23(14)29-17/h5-8,10-11,14,23H,3-4,9,12H2,1-2H3/b20-11-. The summed E-state index contributed by atoms with van der Waals surface area (Å²) in [4.78, 5) is 12.9. The number of carbonyl (C=O) groups is 1. The van der Waals surface area contributed by atoms with Crippen molar-refractivity contribution in [2.45, 2.75) is 25.6 Å². The van der Waals surface area contributed by atoms with Gasteiger partial charge in [-0.1, -0.05) is 6.07 Å². The molecule has 0 spiro atoms. The number of rotatable bonds is 3. The maximum Gasteiger partial charge on any atom is 0.231 e. The van der Waals surface area contributed by atoms with E-state index in [4.69, 9.17) is 23.7 Å². The number of fused-ring (bicyclic) bond motifs is 4. The third kappa shape index (κ3) is 3.04. The Labute approximate surface area is 169 Å². The average molecular weight is 394 g/mol. The van der Waals surface area contributed by atoms with Crippen LogP contribution < -0.4 is 18.9 Å². The minimum Gasteiger partial charge on any atom is -0.493 e. The Morgan fingerprint density at radius 2 is 1.97 bits per heavy atom. The molecule has 2 unspecified atom stereocenters. The van der Waals surface area contributed by atoms with Gasteiger partial charge in [0.2, 0.25) is 12.1 Å². The SMILES string of the molecule is COc1ccc(/C=C2\Oc3c(ccc4c3CC3CCCOC3O4)C2=O)cc1OC. The van der Waals surface area contributed by atoms with E-state index < -0.39 is 0 Å². The van der Waals surface area contributed by atoms with Gasteiger partial charge in [-0.15, -0.1) is 0 Å². The molecule has 0 N–H and O–H groups in total. The summed E-state index contributed by atoms with van der Waals surface area (Å²) in [6, 6.07) is 9.10. The number of carbonyl (C=O) groups excluding carboxylic acids is 1. The van der Waals surface area contributed by atoms with Crippen LogP contribution in [0.2, 0.25) is 0 Å². The summed E-state index contributed by atoms with van der Waals surface area (Å²) in [7, 11) is 3.17. The molecule has 0 radical (unpaired) electrons. The van der Waals surface area contributed by atoms with Crippen LogP contribution in [0.25, 0.3) is 6.08 Å². The lowest BCUT2D eigenvalue weighted by Crippen LogP contribution is -2.38. The number of benzene rings is 2. The van der Waals surface area contributed by atoms with E-state index in [2.05, 4.69) is 0 Å². The molecule has 2 atom stereocenters. The van der Waals surface area contributed by atoms with E-state index in [1.165, 1.54) is 0 Å². The van der Waals surface area contributed by atoms with Gasteiger partial charge in [0.1, 0.15) is 11.5 Å². The number of methoxy groups -OCH3 is 2. The predicted molar refractivity (Wildman–Crippen MR) is 106 cm³/mol. The van der Waals surface area contributed by atoms with Gasteiger partial charge in [-0.05, 0) is 55.2 Å². The molecule has 3 aliphatic rings. The van der Waals surface area contributed by atoms with E-state index >= 15 is 0 Å². The van der Waals surface area contributed by atoms with Gasteiger partial charge < -0.3 is 23.7 Å². The molecule has 29 heavy (non-hydrogen) atoms. The molecule has 1 saturated heterocycles. The topological polar surface area (TPSA) is 63.2 Å².